The third-order valence-corrected chi connectivity index (χ3v) is 12.0. The molecule has 3 aliphatic heterocycles. The summed E-state index contributed by atoms with van der Waals surface area (Å²) in [4.78, 5) is 37.2. The molecular formula is C45H56N12O2+2. The van der Waals surface area contributed by atoms with Crippen LogP contribution in [0.3, 0.4) is 0 Å². The van der Waals surface area contributed by atoms with Gasteiger partial charge in [-0.05, 0) is 65.3 Å². The van der Waals surface area contributed by atoms with Gasteiger partial charge < -0.3 is 29.2 Å². The van der Waals surface area contributed by atoms with E-state index in [-0.39, 0.29) is 16.4 Å². The maximum Gasteiger partial charge on any atom is 0.704 e. The first-order valence-electron chi connectivity index (χ1n) is 20.7. The smallest absolute Gasteiger partial charge is 0.358 e. The zero-order valence-electron chi connectivity index (χ0n) is 36.0. The number of H-pyrrole nitrogens is 2. The van der Waals surface area contributed by atoms with Crippen LogP contribution in [0.4, 0.5) is 11.6 Å². The van der Waals surface area contributed by atoms with Crippen LogP contribution in [0.2, 0.25) is 0 Å². The van der Waals surface area contributed by atoms with E-state index in [1.165, 1.54) is 16.7 Å². The molecule has 2 aromatic carbocycles. The minimum atomic E-state index is -1.18. The molecule has 0 bridgehead atoms. The number of hydrogen-bond acceptors (Lipinski definition) is 10. The van der Waals surface area contributed by atoms with Gasteiger partial charge in [-0.2, -0.15) is 0 Å². The molecule has 7 heterocycles. The zero-order valence-corrected chi connectivity index (χ0v) is 36.0. The third kappa shape index (κ3) is 6.75. The molecule has 3 aliphatic rings. The maximum absolute atomic E-state index is 7.40. The molecule has 0 radical (unpaired) electrons. The van der Waals surface area contributed by atoms with E-state index in [1.807, 2.05) is 0 Å². The largest absolute Gasteiger partial charge is 0.704 e. The number of aromatic nitrogens is 8. The molecule has 14 nitrogen and oxygen atoms in total. The Hall–Kier alpha value is -5.92. The fourth-order valence-corrected chi connectivity index (χ4v) is 8.81. The van der Waals surface area contributed by atoms with Crippen LogP contribution >= 0.6 is 0 Å². The zero-order chi connectivity index (χ0) is 41.5. The highest BCUT2D eigenvalue weighted by Crippen LogP contribution is 2.47. The molecule has 14 heteroatoms. The van der Waals surface area contributed by atoms with E-state index < -0.39 is 6.03 Å². The molecule has 0 amide bonds. The maximum atomic E-state index is 7.40. The summed E-state index contributed by atoms with van der Waals surface area (Å²) < 4.78 is 19.3. The van der Waals surface area contributed by atoms with Crippen molar-refractivity contribution in [2.45, 2.75) is 103 Å². The van der Waals surface area contributed by atoms with Crippen molar-refractivity contribution in [3.63, 3.8) is 0 Å². The highest BCUT2D eigenvalue weighted by atomic mass is 16.7. The van der Waals surface area contributed by atoms with Crippen molar-refractivity contribution in [2.24, 2.45) is 0 Å². The minimum absolute atomic E-state index is 0.0155. The van der Waals surface area contributed by atoms with Crippen molar-refractivity contribution in [2.75, 3.05) is 43.5 Å². The molecule has 1 unspecified atom stereocenters. The summed E-state index contributed by atoms with van der Waals surface area (Å²) in [5.74, 6) is 3.44. The summed E-state index contributed by atoms with van der Waals surface area (Å²) in [5, 5.41) is 0. The van der Waals surface area contributed by atoms with Crippen molar-refractivity contribution in [1.29, 1.82) is 0 Å². The summed E-state index contributed by atoms with van der Waals surface area (Å²) in [6.45, 7) is 20.5. The molecule has 1 saturated heterocycles. The van der Waals surface area contributed by atoms with Gasteiger partial charge in [0.1, 0.15) is 23.7 Å². The SMILES string of the molecule is CN(CCCc1cc2c(c(CCCN(C)c3ncnc4nc[nH]c34)c1)OC13Oc4c(cc(C(C)(C)C)cc4C(C)(C)C)C=[N+]1CC(C)(C)[N+]3=C2)c1ncnc2nc[nH]c12. The summed E-state index contributed by atoms with van der Waals surface area (Å²) >= 11 is 0. The predicted octanol–water partition coefficient (Wildman–Crippen LogP) is 6.50. The molecule has 59 heavy (non-hydrogen) atoms. The van der Waals surface area contributed by atoms with Gasteiger partial charge in [0.15, 0.2) is 46.9 Å². The molecule has 0 aliphatic carbocycles. The first-order chi connectivity index (χ1) is 28.0. The van der Waals surface area contributed by atoms with E-state index in [0.717, 1.165) is 96.2 Å². The van der Waals surface area contributed by atoms with E-state index in [0.29, 0.717) is 11.3 Å². The lowest BCUT2D eigenvalue weighted by Gasteiger charge is -2.33. The van der Waals surface area contributed by atoms with E-state index in [1.54, 1.807) is 25.3 Å². The van der Waals surface area contributed by atoms with Crippen molar-refractivity contribution in [1.82, 2.24) is 39.9 Å². The van der Waals surface area contributed by atoms with Crippen molar-refractivity contribution in [3.8, 4) is 11.5 Å². The second-order valence-electron chi connectivity index (χ2n) is 19.1. The Morgan fingerprint density at radius 3 is 1.90 bits per heavy atom. The van der Waals surface area contributed by atoms with Crippen molar-refractivity contribution >= 4 is 46.4 Å². The number of aryl methyl sites for hydroxylation is 2. The normalized spacial score (nSPS) is 18.0. The number of benzene rings is 2. The number of ether oxygens (including phenoxy) is 2. The highest BCUT2D eigenvalue weighted by Gasteiger charge is 2.75. The Morgan fingerprint density at radius 1 is 0.695 bits per heavy atom. The van der Waals surface area contributed by atoms with Crippen LogP contribution in [-0.2, 0) is 23.7 Å². The number of imidazole rings is 2. The highest BCUT2D eigenvalue weighted by molar-refractivity contribution is 5.85. The number of anilines is 2. The second kappa shape index (κ2) is 13.8. The van der Waals surface area contributed by atoms with Crippen LogP contribution in [-0.4, -0.2) is 107 Å². The predicted molar refractivity (Wildman–Crippen MR) is 231 cm³/mol. The van der Waals surface area contributed by atoms with E-state index in [9.17, 15) is 0 Å². The average Bonchev–Trinajstić information content (AvgIpc) is 3.91. The molecule has 9 rings (SSSR count). The molecule has 4 aromatic heterocycles. The van der Waals surface area contributed by atoms with Crippen LogP contribution in [0, 0.1) is 0 Å². The first-order valence-corrected chi connectivity index (χ1v) is 20.7. The van der Waals surface area contributed by atoms with Gasteiger partial charge in [0.2, 0.25) is 12.1 Å². The van der Waals surface area contributed by atoms with Crippen LogP contribution in [0.5, 0.6) is 11.5 Å². The Balaban J connectivity index is 1.06. The summed E-state index contributed by atoms with van der Waals surface area (Å²) in [6, 6.07) is 8.12. The number of hydrogen-bond donors (Lipinski definition) is 2. The third-order valence-electron chi connectivity index (χ3n) is 12.0. The van der Waals surface area contributed by atoms with Crippen molar-refractivity contribution in [3.05, 3.63) is 83.0 Å². The van der Waals surface area contributed by atoms with Gasteiger partial charge >= 0.3 is 6.03 Å². The summed E-state index contributed by atoms with van der Waals surface area (Å²) in [7, 11) is 4.14. The quantitative estimate of drug-likeness (QED) is 0.148. The molecule has 1 fully saturated rings. The monoisotopic (exact) mass is 796 g/mol. The number of fused-ring (bicyclic) bond motifs is 4. The molecule has 306 valence electrons. The van der Waals surface area contributed by atoms with E-state index in [2.05, 4.69) is 165 Å². The Morgan fingerprint density at radius 2 is 1.29 bits per heavy atom. The number of nitrogens with zero attached hydrogens (tertiary/aromatic N) is 10. The van der Waals surface area contributed by atoms with Gasteiger partial charge in [-0.15, -0.1) is 0 Å². The average molecular weight is 797 g/mol. The lowest BCUT2D eigenvalue weighted by molar-refractivity contribution is -0.867. The number of nitrogens with one attached hydrogen (secondary N) is 2. The van der Waals surface area contributed by atoms with Gasteiger partial charge in [0.05, 0.1) is 23.8 Å². The second-order valence-corrected chi connectivity index (χ2v) is 19.1. The summed E-state index contributed by atoms with van der Waals surface area (Å²) in [6.07, 6.45) is 14.5. The fraction of sp³-hybridized carbons (Fsp3) is 0.467. The minimum Gasteiger partial charge on any atom is -0.358 e. The Labute approximate surface area is 345 Å². The number of rotatable bonds is 10. The fourth-order valence-electron chi connectivity index (χ4n) is 8.81. The Bertz CT molecular complexity index is 2660. The molecule has 2 N–H and O–H groups in total. The van der Waals surface area contributed by atoms with Gasteiger partial charge in [-0.1, -0.05) is 62.8 Å². The first kappa shape index (κ1) is 38.6. The van der Waals surface area contributed by atoms with Crippen LogP contribution in [0.15, 0.2) is 49.6 Å². The van der Waals surface area contributed by atoms with Gasteiger partial charge in [0.25, 0.3) is 0 Å². The van der Waals surface area contributed by atoms with Gasteiger partial charge in [-0.25, -0.2) is 29.9 Å². The summed E-state index contributed by atoms with van der Waals surface area (Å²) in [5.41, 5.74) is 9.61. The lowest BCUT2D eigenvalue weighted by Crippen LogP contribution is -2.61. The molecular weight excluding hydrogens is 741 g/mol. The van der Waals surface area contributed by atoms with Crippen LogP contribution in [0.1, 0.15) is 102 Å². The molecule has 1 atom stereocenters. The van der Waals surface area contributed by atoms with Crippen LogP contribution in [0.25, 0.3) is 22.3 Å². The van der Waals surface area contributed by atoms with Crippen LogP contribution < -0.4 is 19.3 Å². The standard InChI is InChI=1S/C45H56N12O2/c1-42(2,3)32-19-31-21-56-23-44(7,8)57-22-30-18-28(13-11-15-54(9)40-34-38(48-24-46-34)50-26-52-40)17-29(14-12-16-55(10)41-35-39(49-25-47-35)51-27-53-41)36(30)58-45(56,57)59-37(31)33(20-32)43(4,5)6/h17-22,24-27H,11-16,23H2,1-10H3,(H,46,48,50,52)(H,47,49,51,53)/q+2. The topological polar surface area (TPSA) is 140 Å². The Kier molecular flexibility index (Phi) is 9.05. The van der Waals surface area contributed by atoms with E-state index in [4.69, 9.17) is 9.47 Å². The van der Waals surface area contributed by atoms with Gasteiger partial charge in [-0.3, -0.25) is 0 Å². The molecule has 0 saturated carbocycles. The van der Waals surface area contributed by atoms with Crippen molar-refractivity contribution < 1.29 is 18.6 Å². The molecule has 1 spiro atoms. The van der Waals surface area contributed by atoms with Gasteiger partial charge in [0, 0.05) is 46.6 Å². The number of aromatic amines is 2. The van der Waals surface area contributed by atoms with E-state index >= 15 is 0 Å². The lowest BCUT2D eigenvalue weighted by atomic mass is 9.79. The molecule has 6 aromatic rings.